The summed E-state index contributed by atoms with van der Waals surface area (Å²) in [6.07, 6.45) is 5.45. The molecule has 9 heteroatoms. The summed E-state index contributed by atoms with van der Waals surface area (Å²) in [7, 11) is 0. The quantitative estimate of drug-likeness (QED) is 0.696. The highest BCUT2D eigenvalue weighted by Gasteiger charge is 2.44. The molecule has 0 saturated carbocycles. The largest absolute Gasteiger partial charge is 0.593 e. The van der Waals surface area contributed by atoms with E-state index in [4.69, 9.17) is 4.74 Å². The molecule has 29 heavy (non-hydrogen) atoms. The molecular formula is C20H26FN5O2S. The van der Waals surface area contributed by atoms with E-state index in [9.17, 15) is 8.94 Å². The van der Waals surface area contributed by atoms with Crippen molar-refractivity contribution in [2.75, 3.05) is 35.8 Å². The first kappa shape index (κ1) is 20.2. The van der Waals surface area contributed by atoms with E-state index < -0.39 is 17.2 Å². The Balaban J connectivity index is 1.54. The van der Waals surface area contributed by atoms with Crippen molar-refractivity contribution in [2.45, 2.75) is 31.9 Å². The minimum atomic E-state index is -1.36. The summed E-state index contributed by atoms with van der Waals surface area (Å²) >= 11 is -1.36. The highest BCUT2D eigenvalue weighted by molar-refractivity contribution is 7.93. The molecule has 7 nitrogen and oxygen atoms in total. The summed E-state index contributed by atoms with van der Waals surface area (Å²) in [4.78, 5) is 10.7. The normalized spacial score (nSPS) is 19.1. The zero-order valence-corrected chi connectivity index (χ0v) is 17.5. The molecule has 156 valence electrons. The summed E-state index contributed by atoms with van der Waals surface area (Å²) in [5.41, 5.74) is 0.690. The molecule has 4 rings (SSSR count). The molecule has 0 aliphatic carbocycles. The molecule has 3 heterocycles. The second-order valence-electron chi connectivity index (χ2n) is 8.01. The van der Waals surface area contributed by atoms with Crippen LogP contribution in [0.4, 0.5) is 15.9 Å². The number of nitrogens with zero attached hydrogens (tertiary/aromatic N) is 3. The Labute approximate surface area is 173 Å². The molecule has 0 bridgehead atoms. The van der Waals surface area contributed by atoms with E-state index in [0.29, 0.717) is 22.6 Å². The number of hydrogen-bond acceptors (Lipinski definition) is 7. The number of ether oxygens (including phenoxy) is 1. The molecule has 2 aliphatic rings. The van der Waals surface area contributed by atoms with Crippen LogP contribution in [0.15, 0.2) is 30.7 Å². The smallest absolute Gasteiger partial charge is 0.188 e. The van der Waals surface area contributed by atoms with Gasteiger partial charge in [0.05, 0.1) is 17.6 Å². The SMILES string of the molecule is CC(C)[S+]([O-])Nc1cc(F)ccc1Oc1cncnc1N1CC2(CCNCC2)C1. The lowest BCUT2D eigenvalue weighted by molar-refractivity contribution is 0.148. The predicted molar refractivity (Wildman–Crippen MR) is 112 cm³/mol. The highest BCUT2D eigenvalue weighted by atomic mass is 32.2. The van der Waals surface area contributed by atoms with Crippen LogP contribution in [0.3, 0.4) is 0 Å². The van der Waals surface area contributed by atoms with Crippen LogP contribution in [-0.4, -0.2) is 45.9 Å². The van der Waals surface area contributed by atoms with Gasteiger partial charge in [-0.2, -0.15) is 0 Å². The van der Waals surface area contributed by atoms with Crippen molar-refractivity contribution >= 4 is 22.9 Å². The average Bonchev–Trinajstić information content (AvgIpc) is 2.69. The van der Waals surface area contributed by atoms with Crippen molar-refractivity contribution in [1.29, 1.82) is 0 Å². The van der Waals surface area contributed by atoms with Gasteiger partial charge in [0, 0.05) is 24.6 Å². The molecule has 2 aliphatic heterocycles. The van der Waals surface area contributed by atoms with E-state index in [1.807, 2.05) is 13.8 Å². The van der Waals surface area contributed by atoms with Crippen LogP contribution in [0, 0.1) is 11.2 Å². The Kier molecular flexibility index (Phi) is 5.80. The summed E-state index contributed by atoms with van der Waals surface area (Å²) in [6, 6.07) is 4.12. The van der Waals surface area contributed by atoms with Crippen molar-refractivity contribution in [3.63, 3.8) is 0 Å². The summed E-state index contributed by atoms with van der Waals surface area (Å²) < 4.78 is 34.9. The molecule has 2 fully saturated rings. The standard InChI is InChI=1S/C20H26FN5O2S/c1-14(2)29(27)25-16-9-15(21)3-4-17(16)28-18-10-23-13-24-19(18)26-11-20(12-26)5-7-22-8-6-20/h3-4,9-10,13-14,22,25H,5-8,11-12H2,1-2H3. The minimum absolute atomic E-state index is 0.121. The number of piperidine rings is 1. The first-order valence-corrected chi connectivity index (χ1v) is 11.1. The molecule has 1 spiro atoms. The monoisotopic (exact) mass is 419 g/mol. The number of benzene rings is 1. The third kappa shape index (κ3) is 4.41. The van der Waals surface area contributed by atoms with Gasteiger partial charge in [0.1, 0.15) is 23.1 Å². The Morgan fingerprint density at radius 1 is 1.28 bits per heavy atom. The van der Waals surface area contributed by atoms with E-state index in [2.05, 4.69) is 24.9 Å². The lowest BCUT2D eigenvalue weighted by Crippen LogP contribution is -2.60. The number of hydrogen-bond donors (Lipinski definition) is 2. The van der Waals surface area contributed by atoms with Crippen LogP contribution in [-0.2, 0) is 11.4 Å². The molecule has 2 aromatic rings. The Morgan fingerprint density at radius 2 is 2.03 bits per heavy atom. The van der Waals surface area contributed by atoms with Crippen LogP contribution < -0.4 is 19.7 Å². The Morgan fingerprint density at radius 3 is 2.76 bits per heavy atom. The second-order valence-corrected chi connectivity index (χ2v) is 9.75. The van der Waals surface area contributed by atoms with Crippen LogP contribution in [0.1, 0.15) is 26.7 Å². The fourth-order valence-corrected chi connectivity index (χ4v) is 4.43. The maximum absolute atomic E-state index is 13.8. The highest BCUT2D eigenvalue weighted by Crippen LogP contribution is 2.44. The minimum Gasteiger partial charge on any atom is -0.593 e. The van der Waals surface area contributed by atoms with Crippen LogP contribution >= 0.6 is 0 Å². The molecule has 0 radical (unpaired) electrons. The molecule has 2 N–H and O–H groups in total. The zero-order valence-electron chi connectivity index (χ0n) is 16.7. The summed E-state index contributed by atoms with van der Waals surface area (Å²) in [6.45, 7) is 7.64. The lowest BCUT2D eigenvalue weighted by atomic mass is 9.72. The molecule has 1 aromatic heterocycles. The maximum atomic E-state index is 13.8. The van der Waals surface area contributed by atoms with E-state index in [1.165, 1.54) is 24.5 Å². The summed E-state index contributed by atoms with van der Waals surface area (Å²) in [5, 5.41) is 3.29. The first-order chi connectivity index (χ1) is 14.0. The van der Waals surface area contributed by atoms with Crippen molar-refractivity contribution in [1.82, 2.24) is 15.3 Å². The molecule has 1 unspecified atom stereocenters. The zero-order chi connectivity index (χ0) is 20.4. The van der Waals surface area contributed by atoms with Gasteiger partial charge < -0.3 is 19.5 Å². The molecular weight excluding hydrogens is 393 g/mol. The van der Waals surface area contributed by atoms with E-state index in [0.717, 1.165) is 44.8 Å². The van der Waals surface area contributed by atoms with Crippen molar-refractivity contribution in [3.05, 3.63) is 36.5 Å². The van der Waals surface area contributed by atoms with Crippen molar-refractivity contribution in [2.24, 2.45) is 5.41 Å². The average molecular weight is 420 g/mol. The molecule has 1 aromatic carbocycles. The van der Waals surface area contributed by atoms with E-state index in [-0.39, 0.29) is 5.25 Å². The van der Waals surface area contributed by atoms with Gasteiger partial charge in [0.25, 0.3) is 0 Å². The van der Waals surface area contributed by atoms with Gasteiger partial charge in [-0.15, -0.1) is 0 Å². The van der Waals surface area contributed by atoms with Crippen LogP contribution in [0.2, 0.25) is 0 Å². The van der Waals surface area contributed by atoms with Crippen LogP contribution in [0.5, 0.6) is 11.5 Å². The third-order valence-corrected chi connectivity index (χ3v) is 6.75. The molecule has 0 amide bonds. The molecule has 2 saturated heterocycles. The summed E-state index contributed by atoms with van der Waals surface area (Å²) in [5.74, 6) is 1.18. The fourth-order valence-electron chi connectivity index (χ4n) is 3.82. The first-order valence-electron chi connectivity index (χ1n) is 9.86. The van der Waals surface area contributed by atoms with Gasteiger partial charge in [-0.05, 0) is 51.9 Å². The number of nitrogens with one attached hydrogen (secondary N) is 2. The van der Waals surface area contributed by atoms with Gasteiger partial charge in [-0.1, -0.05) is 0 Å². The van der Waals surface area contributed by atoms with E-state index in [1.54, 1.807) is 6.20 Å². The Bertz CT molecular complexity index is 855. The van der Waals surface area contributed by atoms with Gasteiger partial charge >= 0.3 is 0 Å². The number of halogens is 1. The maximum Gasteiger partial charge on any atom is 0.188 e. The van der Waals surface area contributed by atoms with Crippen molar-refractivity contribution in [3.8, 4) is 11.5 Å². The van der Waals surface area contributed by atoms with Crippen LogP contribution in [0.25, 0.3) is 0 Å². The Hall–Kier alpha value is -2.10. The van der Waals surface area contributed by atoms with Gasteiger partial charge in [0.15, 0.2) is 17.3 Å². The van der Waals surface area contributed by atoms with Gasteiger partial charge in [-0.3, -0.25) is 0 Å². The number of rotatable bonds is 6. The fraction of sp³-hybridized carbons (Fsp3) is 0.500. The number of anilines is 2. The lowest BCUT2D eigenvalue weighted by Gasteiger charge is -2.53. The van der Waals surface area contributed by atoms with Gasteiger partial charge in [-0.25, -0.2) is 19.1 Å². The molecule has 1 atom stereocenters. The third-order valence-electron chi connectivity index (χ3n) is 5.48. The van der Waals surface area contributed by atoms with Crippen molar-refractivity contribution < 1.29 is 13.7 Å². The predicted octanol–water partition coefficient (Wildman–Crippen LogP) is 3.08. The second kappa shape index (κ2) is 8.33. The topological polar surface area (TPSA) is 85.4 Å². The van der Waals surface area contributed by atoms with Gasteiger partial charge in [0.2, 0.25) is 0 Å². The number of aromatic nitrogens is 2. The van der Waals surface area contributed by atoms with E-state index >= 15 is 0 Å².